The molecule has 0 bridgehead atoms. The molecule has 1 fully saturated rings. The Morgan fingerprint density at radius 1 is 1.31 bits per heavy atom. The third-order valence-electron chi connectivity index (χ3n) is 3.63. The fourth-order valence-electron chi connectivity index (χ4n) is 2.53. The van der Waals surface area contributed by atoms with Gasteiger partial charge in [0.05, 0.1) is 18.8 Å². The van der Waals surface area contributed by atoms with Gasteiger partial charge in [0.1, 0.15) is 0 Å². The second-order valence-electron chi connectivity index (χ2n) is 4.78. The van der Waals surface area contributed by atoms with Crippen molar-refractivity contribution in [2.75, 3.05) is 26.2 Å². The molecular formula is C13H27NO2. The quantitative estimate of drug-likeness (QED) is 0.755. The fourth-order valence-corrected chi connectivity index (χ4v) is 2.53. The number of hydrogen-bond donors (Lipinski definition) is 1. The van der Waals surface area contributed by atoms with Crippen molar-refractivity contribution in [3.8, 4) is 0 Å². The van der Waals surface area contributed by atoms with Crippen LogP contribution in [0.15, 0.2) is 0 Å². The molecule has 1 rings (SSSR count). The number of hydrogen-bond acceptors (Lipinski definition) is 3. The van der Waals surface area contributed by atoms with Gasteiger partial charge in [-0.1, -0.05) is 33.6 Å². The standard InChI is InChI=1S/C13H27NO2/c1-4-7-14-8-9-16-12(10-14)13(15)11(5-2)6-3/h11-13,15H,4-10H2,1-3H3. The van der Waals surface area contributed by atoms with Gasteiger partial charge in [0.15, 0.2) is 0 Å². The van der Waals surface area contributed by atoms with Crippen molar-refractivity contribution in [3.63, 3.8) is 0 Å². The van der Waals surface area contributed by atoms with Gasteiger partial charge < -0.3 is 9.84 Å². The van der Waals surface area contributed by atoms with Crippen molar-refractivity contribution in [3.05, 3.63) is 0 Å². The summed E-state index contributed by atoms with van der Waals surface area (Å²) in [5.41, 5.74) is 0. The number of rotatable bonds is 6. The van der Waals surface area contributed by atoms with Gasteiger partial charge in [0.2, 0.25) is 0 Å². The summed E-state index contributed by atoms with van der Waals surface area (Å²) in [7, 11) is 0. The van der Waals surface area contributed by atoms with Gasteiger partial charge in [0.25, 0.3) is 0 Å². The second-order valence-corrected chi connectivity index (χ2v) is 4.78. The van der Waals surface area contributed by atoms with Crippen LogP contribution in [0, 0.1) is 5.92 Å². The van der Waals surface area contributed by atoms with Gasteiger partial charge in [0, 0.05) is 13.1 Å². The molecule has 1 heterocycles. The average molecular weight is 229 g/mol. The highest BCUT2D eigenvalue weighted by Gasteiger charge is 2.30. The van der Waals surface area contributed by atoms with Crippen molar-refractivity contribution in [1.29, 1.82) is 0 Å². The van der Waals surface area contributed by atoms with Gasteiger partial charge in [-0.25, -0.2) is 0 Å². The van der Waals surface area contributed by atoms with Gasteiger partial charge in [-0.05, 0) is 18.9 Å². The molecule has 0 aromatic heterocycles. The lowest BCUT2D eigenvalue weighted by Gasteiger charge is -2.37. The molecule has 1 aliphatic heterocycles. The van der Waals surface area contributed by atoms with Gasteiger partial charge >= 0.3 is 0 Å². The lowest BCUT2D eigenvalue weighted by molar-refractivity contribution is -0.106. The van der Waals surface area contributed by atoms with Crippen LogP contribution in [-0.2, 0) is 4.74 Å². The molecule has 0 radical (unpaired) electrons. The number of ether oxygens (including phenoxy) is 1. The average Bonchev–Trinajstić information content (AvgIpc) is 2.31. The molecule has 2 unspecified atom stereocenters. The third-order valence-corrected chi connectivity index (χ3v) is 3.63. The van der Waals surface area contributed by atoms with Crippen LogP contribution in [0.2, 0.25) is 0 Å². The summed E-state index contributed by atoms with van der Waals surface area (Å²) in [6.07, 6.45) is 2.96. The summed E-state index contributed by atoms with van der Waals surface area (Å²) in [5, 5.41) is 10.3. The minimum atomic E-state index is -0.297. The van der Waals surface area contributed by atoms with E-state index in [0.29, 0.717) is 5.92 Å². The van der Waals surface area contributed by atoms with Crippen LogP contribution < -0.4 is 0 Å². The number of morpholine rings is 1. The van der Waals surface area contributed by atoms with Crippen LogP contribution in [0.4, 0.5) is 0 Å². The zero-order valence-electron chi connectivity index (χ0n) is 11.0. The number of aliphatic hydroxyl groups is 1. The Kier molecular flexibility index (Phi) is 6.32. The minimum Gasteiger partial charge on any atom is -0.390 e. The summed E-state index contributed by atoms with van der Waals surface area (Å²) in [6, 6.07) is 0. The SMILES string of the molecule is CCCN1CCOC(C(O)C(CC)CC)C1. The Labute approximate surface area is 99.8 Å². The van der Waals surface area contributed by atoms with Crippen LogP contribution in [0.25, 0.3) is 0 Å². The van der Waals surface area contributed by atoms with E-state index in [0.717, 1.165) is 39.1 Å². The van der Waals surface area contributed by atoms with E-state index in [-0.39, 0.29) is 12.2 Å². The predicted molar refractivity (Wildman–Crippen MR) is 66.5 cm³/mol. The summed E-state index contributed by atoms with van der Waals surface area (Å²) < 4.78 is 5.71. The molecule has 0 amide bonds. The lowest BCUT2D eigenvalue weighted by atomic mass is 9.92. The van der Waals surface area contributed by atoms with Crippen LogP contribution in [0.1, 0.15) is 40.0 Å². The first kappa shape index (κ1) is 13.9. The molecule has 2 atom stereocenters. The first-order chi connectivity index (χ1) is 7.72. The first-order valence-electron chi connectivity index (χ1n) is 6.74. The van der Waals surface area contributed by atoms with E-state index in [1.165, 1.54) is 6.42 Å². The normalized spacial score (nSPS) is 24.9. The maximum atomic E-state index is 10.3. The fraction of sp³-hybridized carbons (Fsp3) is 1.00. The van der Waals surface area contributed by atoms with Crippen molar-refractivity contribution in [2.24, 2.45) is 5.92 Å². The Morgan fingerprint density at radius 3 is 2.56 bits per heavy atom. The van der Waals surface area contributed by atoms with E-state index in [1.54, 1.807) is 0 Å². The van der Waals surface area contributed by atoms with E-state index >= 15 is 0 Å². The molecule has 1 saturated heterocycles. The maximum Gasteiger partial charge on any atom is 0.0963 e. The largest absolute Gasteiger partial charge is 0.390 e. The van der Waals surface area contributed by atoms with Crippen LogP contribution in [0.5, 0.6) is 0 Å². The van der Waals surface area contributed by atoms with E-state index < -0.39 is 0 Å². The van der Waals surface area contributed by atoms with E-state index in [9.17, 15) is 5.11 Å². The van der Waals surface area contributed by atoms with E-state index in [1.807, 2.05) is 0 Å². The topological polar surface area (TPSA) is 32.7 Å². The van der Waals surface area contributed by atoms with E-state index in [4.69, 9.17) is 4.74 Å². The van der Waals surface area contributed by atoms with E-state index in [2.05, 4.69) is 25.7 Å². The molecular weight excluding hydrogens is 202 g/mol. The first-order valence-corrected chi connectivity index (χ1v) is 6.74. The number of aliphatic hydroxyl groups excluding tert-OH is 1. The molecule has 3 heteroatoms. The molecule has 1 N–H and O–H groups in total. The van der Waals surface area contributed by atoms with Crippen molar-refractivity contribution >= 4 is 0 Å². The summed E-state index contributed by atoms with van der Waals surface area (Å²) in [6.45, 7) is 10.3. The molecule has 0 aliphatic carbocycles. The molecule has 3 nitrogen and oxygen atoms in total. The summed E-state index contributed by atoms with van der Waals surface area (Å²) in [5.74, 6) is 0.381. The molecule has 0 saturated carbocycles. The summed E-state index contributed by atoms with van der Waals surface area (Å²) in [4.78, 5) is 2.40. The Morgan fingerprint density at radius 2 is 2.00 bits per heavy atom. The highest BCUT2D eigenvalue weighted by Crippen LogP contribution is 2.20. The molecule has 0 aromatic carbocycles. The molecule has 16 heavy (non-hydrogen) atoms. The predicted octanol–water partition coefficient (Wildman–Crippen LogP) is 1.89. The molecule has 0 spiro atoms. The molecule has 1 aliphatic rings. The van der Waals surface area contributed by atoms with Gasteiger partial charge in [-0.3, -0.25) is 4.90 Å². The van der Waals surface area contributed by atoms with Gasteiger partial charge in [-0.2, -0.15) is 0 Å². The molecule has 0 aromatic rings. The van der Waals surface area contributed by atoms with Gasteiger partial charge in [-0.15, -0.1) is 0 Å². The second kappa shape index (κ2) is 7.25. The number of nitrogens with zero attached hydrogens (tertiary/aromatic N) is 1. The zero-order chi connectivity index (χ0) is 12.0. The summed E-state index contributed by atoms with van der Waals surface area (Å²) >= 11 is 0. The van der Waals surface area contributed by atoms with Crippen molar-refractivity contribution in [1.82, 2.24) is 4.90 Å². The Hall–Kier alpha value is -0.120. The van der Waals surface area contributed by atoms with Crippen LogP contribution >= 0.6 is 0 Å². The highest BCUT2D eigenvalue weighted by molar-refractivity contribution is 4.81. The van der Waals surface area contributed by atoms with Crippen LogP contribution in [0.3, 0.4) is 0 Å². The monoisotopic (exact) mass is 229 g/mol. The zero-order valence-corrected chi connectivity index (χ0v) is 11.0. The molecule has 96 valence electrons. The smallest absolute Gasteiger partial charge is 0.0963 e. The highest BCUT2D eigenvalue weighted by atomic mass is 16.5. The Bertz CT molecular complexity index is 181. The van der Waals surface area contributed by atoms with Crippen LogP contribution in [-0.4, -0.2) is 48.5 Å². The van der Waals surface area contributed by atoms with Crippen molar-refractivity contribution < 1.29 is 9.84 Å². The van der Waals surface area contributed by atoms with Crippen molar-refractivity contribution in [2.45, 2.75) is 52.2 Å². The maximum absolute atomic E-state index is 10.3. The lowest BCUT2D eigenvalue weighted by Crippen LogP contribution is -2.49. The third kappa shape index (κ3) is 3.72. The minimum absolute atomic E-state index is 0.0187. The Balaban J connectivity index is 2.45.